The van der Waals surface area contributed by atoms with Gasteiger partial charge in [0, 0.05) is 19.6 Å². The molecule has 1 aromatic rings. The van der Waals surface area contributed by atoms with E-state index in [2.05, 4.69) is 40.9 Å². The number of aliphatic imine (C=N–C) groups is 1. The SMILES string of the molecule is CCNC(=NCCCCSC)NCCc1cccc(OC)c1. The van der Waals surface area contributed by atoms with Gasteiger partial charge in [-0.3, -0.25) is 4.99 Å². The van der Waals surface area contributed by atoms with E-state index in [9.17, 15) is 0 Å². The summed E-state index contributed by atoms with van der Waals surface area (Å²) in [5.74, 6) is 3.04. The van der Waals surface area contributed by atoms with Crippen LogP contribution in [0.4, 0.5) is 0 Å². The van der Waals surface area contributed by atoms with Crippen LogP contribution < -0.4 is 15.4 Å². The first kappa shape index (κ1) is 18.7. The summed E-state index contributed by atoms with van der Waals surface area (Å²) in [6.45, 7) is 4.72. The lowest BCUT2D eigenvalue weighted by Crippen LogP contribution is -2.38. The molecule has 0 aliphatic rings. The molecule has 0 unspecified atom stereocenters. The molecule has 4 nitrogen and oxygen atoms in total. The van der Waals surface area contributed by atoms with Crippen molar-refractivity contribution in [3.8, 4) is 5.75 Å². The number of hydrogen-bond donors (Lipinski definition) is 2. The van der Waals surface area contributed by atoms with E-state index in [1.807, 2.05) is 23.9 Å². The van der Waals surface area contributed by atoms with Crippen LogP contribution in [0.1, 0.15) is 25.3 Å². The molecule has 124 valence electrons. The molecule has 0 aliphatic carbocycles. The first-order valence-corrected chi connectivity index (χ1v) is 9.33. The van der Waals surface area contributed by atoms with E-state index in [-0.39, 0.29) is 0 Å². The van der Waals surface area contributed by atoms with Crippen LogP contribution in [0.2, 0.25) is 0 Å². The van der Waals surface area contributed by atoms with Crippen molar-refractivity contribution in [3.63, 3.8) is 0 Å². The van der Waals surface area contributed by atoms with Crippen molar-refractivity contribution in [3.05, 3.63) is 29.8 Å². The molecule has 0 aromatic heterocycles. The van der Waals surface area contributed by atoms with Gasteiger partial charge in [-0.05, 0) is 55.9 Å². The van der Waals surface area contributed by atoms with Gasteiger partial charge in [0.15, 0.2) is 5.96 Å². The predicted molar refractivity (Wildman–Crippen MR) is 98.3 cm³/mol. The van der Waals surface area contributed by atoms with Gasteiger partial charge >= 0.3 is 0 Å². The smallest absolute Gasteiger partial charge is 0.191 e. The Morgan fingerprint density at radius 3 is 2.86 bits per heavy atom. The largest absolute Gasteiger partial charge is 0.497 e. The lowest BCUT2D eigenvalue weighted by Gasteiger charge is -2.11. The Bertz CT molecular complexity index is 438. The highest BCUT2D eigenvalue weighted by atomic mass is 32.2. The molecule has 0 fully saturated rings. The van der Waals surface area contributed by atoms with Gasteiger partial charge < -0.3 is 15.4 Å². The maximum absolute atomic E-state index is 5.25. The van der Waals surface area contributed by atoms with Crippen LogP contribution in [-0.2, 0) is 6.42 Å². The van der Waals surface area contributed by atoms with Crippen molar-refractivity contribution in [1.82, 2.24) is 10.6 Å². The predicted octanol–water partition coefficient (Wildman–Crippen LogP) is 2.94. The number of nitrogens with zero attached hydrogens (tertiary/aromatic N) is 1. The van der Waals surface area contributed by atoms with Crippen molar-refractivity contribution < 1.29 is 4.74 Å². The van der Waals surface area contributed by atoms with E-state index in [1.54, 1.807) is 7.11 Å². The molecule has 0 amide bonds. The van der Waals surface area contributed by atoms with Gasteiger partial charge in [0.05, 0.1) is 7.11 Å². The normalized spacial score (nSPS) is 11.3. The van der Waals surface area contributed by atoms with E-state index < -0.39 is 0 Å². The number of unbranched alkanes of at least 4 members (excludes halogenated alkanes) is 1. The number of rotatable bonds is 10. The molecule has 0 radical (unpaired) electrons. The molecule has 1 aromatic carbocycles. The summed E-state index contributed by atoms with van der Waals surface area (Å²) < 4.78 is 5.25. The molecule has 0 saturated heterocycles. The number of guanidine groups is 1. The fourth-order valence-corrected chi connectivity index (χ4v) is 2.54. The van der Waals surface area contributed by atoms with Crippen molar-refractivity contribution in [1.29, 1.82) is 0 Å². The minimum atomic E-state index is 0.865. The molecule has 2 N–H and O–H groups in total. The maximum atomic E-state index is 5.25. The Kier molecular flexibility index (Phi) is 10.4. The minimum absolute atomic E-state index is 0.865. The second kappa shape index (κ2) is 12.2. The van der Waals surface area contributed by atoms with E-state index in [0.29, 0.717) is 0 Å². The topological polar surface area (TPSA) is 45.7 Å². The molecular weight excluding hydrogens is 294 g/mol. The van der Waals surface area contributed by atoms with E-state index in [4.69, 9.17) is 4.74 Å². The highest BCUT2D eigenvalue weighted by Gasteiger charge is 1.99. The summed E-state index contributed by atoms with van der Waals surface area (Å²) in [6, 6.07) is 8.20. The first-order chi connectivity index (χ1) is 10.8. The molecule has 0 heterocycles. The Labute approximate surface area is 139 Å². The molecule has 0 atom stereocenters. The van der Waals surface area contributed by atoms with Crippen LogP contribution in [0.15, 0.2) is 29.3 Å². The average Bonchev–Trinajstić information content (AvgIpc) is 2.55. The van der Waals surface area contributed by atoms with Gasteiger partial charge in [-0.1, -0.05) is 12.1 Å². The van der Waals surface area contributed by atoms with Gasteiger partial charge in [-0.25, -0.2) is 0 Å². The third-order valence-corrected chi connectivity index (χ3v) is 3.91. The third-order valence-electron chi connectivity index (χ3n) is 3.21. The zero-order valence-corrected chi connectivity index (χ0v) is 14.8. The molecule has 5 heteroatoms. The standard InChI is InChI=1S/C17H29N3OS/c1-4-18-17(19-11-5-6-13-22-3)20-12-10-15-8-7-9-16(14-15)21-2/h7-9,14H,4-6,10-13H2,1-3H3,(H2,18,19,20). The first-order valence-electron chi connectivity index (χ1n) is 7.94. The highest BCUT2D eigenvalue weighted by molar-refractivity contribution is 7.98. The van der Waals surface area contributed by atoms with Crippen LogP contribution >= 0.6 is 11.8 Å². The van der Waals surface area contributed by atoms with Crippen molar-refractivity contribution in [2.24, 2.45) is 4.99 Å². The van der Waals surface area contributed by atoms with Gasteiger partial charge in [0.1, 0.15) is 5.75 Å². The third kappa shape index (κ3) is 8.17. The van der Waals surface area contributed by atoms with E-state index in [0.717, 1.165) is 44.2 Å². The monoisotopic (exact) mass is 323 g/mol. The van der Waals surface area contributed by atoms with Crippen molar-refractivity contribution >= 4 is 17.7 Å². The van der Waals surface area contributed by atoms with Gasteiger partial charge in [-0.2, -0.15) is 11.8 Å². The quantitative estimate of drug-likeness (QED) is 0.395. The van der Waals surface area contributed by atoms with Crippen molar-refractivity contribution in [2.75, 3.05) is 38.8 Å². The number of hydrogen-bond acceptors (Lipinski definition) is 3. The van der Waals surface area contributed by atoms with Crippen LogP contribution in [0.3, 0.4) is 0 Å². The molecule has 22 heavy (non-hydrogen) atoms. The van der Waals surface area contributed by atoms with Gasteiger partial charge in [-0.15, -0.1) is 0 Å². The van der Waals surface area contributed by atoms with Crippen LogP contribution in [-0.4, -0.2) is 44.7 Å². The highest BCUT2D eigenvalue weighted by Crippen LogP contribution is 2.12. The molecule has 0 bridgehead atoms. The number of benzene rings is 1. The van der Waals surface area contributed by atoms with Crippen LogP contribution in [0.5, 0.6) is 5.75 Å². The molecule has 0 aliphatic heterocycles. The van der Waals surface area contributed by atoms with Gasteiger partial charge in [0.25, 0.3) is 0 Å². The average molecular weight is 324 g/mol. The fraction of sp³-hybridized carbons (Fsp3) is 0.588. The summed E-state index contributed by atoms with van der Waals surface area (Å²) >= 11 is 1.90. The number of methoxy groups -OCH3 is 1. The summed E-state index contributed by atoms with van der Waals surface area (Å²) in [6.07, 6.45) is 5.47. The second-order valence-electron chi connectivity index (χ2n) is 4.99. The number of nitrogens with one attached hydrogen (secondary N) is 2. The Balaban J connectivity index is 2.34. The van der Waals surface area contributed by atoms with Crippen molar-refractivity contribution in [2.45, 2.75) is 26.2 Å². The summed E-state index contributed by atoms with van der Waals surface area (Å²) in [5.41, 5.74) is 1.27. The Hall–Kier alpha value is -1.36. The van der Waals surface area contributed by atoms with Crippen LogP contribution in [0, 0.1) is 0 Å². The van der Waals surface area contributed by atoms with E-state index >= 15 is 0 Å². The van der Waals surface area contributed by atoms with Gasteiger partial charge in [0.2, 0.25) is 0 Å². The lowest BCUT2D eigenvalue weighted by atomic mass is 10.1. The molecule has 1 rings (SSSR count). The number of ether oxygens (including phenoxy) is 1. The zero-order chi connectivity index (χ0) is 16.0. The molecule has 0 saturated carbocycles. The second-order valence-corrected chi connectivity index (χ2v) is 5.97. The van der Waals surface area contributed by atoms with Crippen LogP contribution in [0.25, 0.3) is 0 Å². The Morgan fingerprint density at radius 2 is 2.14 bits per heavy atom. The summed E-state index contributed by atoms with van der Waals surface area (Å²) in [5, 5.41) is 6.68. The summed E-state index contributed by atoms with van der Waals surface area (Å²) in [4.78, 5) is 4.61. The molecule has 0 spiro atoms. The molecular formula is C17H29N3OS. The van der Waals surface area contributed by atoms with E-state index in [1.165, 1.54) is 17.7 Å². The lowest BCUT2D eigenvalue weighted by molar-refractivity contribution is 0.414. The summed E-state index contributed by atoms with van der Waals surface area (Å²) in [7, 11) is 1.70. The maximum Gasteiger partial charge on any atom is 0.191 e. The number of thioether (sulfide) groups is 1. The zero-order valence-electron chi connectivity index (χ0n) is 14.0. The fourth-order valence-electron chi connectivity index (χ4n) is 2.04. The minimum Gasteiger partial charge on any atom is -0.497 e. The Morgan fingerprint density at radius 1 is 1.27 bits per heavy atom.